The minimum atomic E-state index is -4.09. The van der Waals surface area contributed by atoms with E-state index < -0.39 is 26.6 Å². The molecular weight excluding hydrogens is 360 g/mol. The van der Waals surface area contributed by atoms with E-state index in [0.29, 0.717) is 31.5 Å². The first-order valence-corrected chi connectivity index (χ1v) is 9.86. The van der Waals surface area contributed by atoms with Crippen molar-refractivity contribution in [2.75, 3.05) is 26.2 Å². The lowest BCUT2D eigenvalue weighted by Crippen LogP contribution is -2.46. The number of carbonyl (C=O) groups excluding carboxylic acids is 1. The highest BCUT2D eigenvalue weighted by molar-refractivity contribution is 7.89. The van der Waals surface area contributed by atoms with Crippen molar-refractivity contribution < 1.29 is 18.1 Å². The van der Waals surface area contributed by atoms with Gasteiger partial charge in [0, 0.05) is 31.7 Å². The number of benzene rings is 1. The van der Waals surface area contributed by atoms with Gasteiger partial charge in [-0.15, -0.1) is 0 Å². The van der Waals surface area contributed by atoms with Crippen LogP contribution in [-0.4, -0.2) is 49.7 Å². The summed E-state index contributed by atoms with van der Waals surface area (Å²) in [5, 5.41) is 14.1. The van der Waals surface area contributed by atoms with Crippen LogP contribution in [0.2, 0.25) is 0 Å². The molecule has 1 aliphatic rings. The van der Waals surface area contributed by atoms with Crippen LogP contribution in [-0.2, 0) is 14.8 Å². The summed E-state index contributed by atoms with van der Waals surface area (Å²) in [5.74, 6) is -0.736. The summed E-state index contributed by atoms with van der Waals surface area (Å²) in [5.41, 5.74) is 5.57. The minimum absolute atomic E-state index is 0.00325. The van der Waals surface area contributed by atoms with Crippen LogP contribution in [0.1, 0.15) is 24.0 Å². The van der Waals surface area contributed by atoms with Gasteiger partial charge >= 0.3 is 0 Å². The van der Waals surface area contributed by atoms with Crippen molar-refractivity contribution in [1.82, 2.24) is 9.62 Å². The van der Waals surface area contributed by atoms with E-state index >= 15 is 0 Å². The number of nitrogens with one attached hydrogen (secondary N) is 1. The van der Waals surface area contributed by atoms with Crippen molar-refractivity contribution in [2.45, 2.75) is 31.6 Å². The Balaban J connectivity index is 2.38. The topological polar surface area (TPSA) is 136 Å². The number of carbonyl (C=O) groups is 1. The summed E-state index contributed by atoms with van der Waals surface area (Å²) in [6.45, 7) is 3.90. The van der Waals surface area contributed by atoms with Crippen LogP contribution in [0.5, 0.6) is 0 Å². The summed E-state index contributed by atoms with van der Waals surface area (Å²) in [7, 11) is -4.09. The van der Waals surface area contributed by atoms with Gasteiger partial charge in [-0.2, -0.15) is 4.31 Å². The van der Waals surface area contributed by atoms with Gasteiger partial charge in [-0.05, 0) is 32.3 Å². The zero-order chi connectivity index (χ0) is 19.5. The van der Waals surface area contributed by atoms with Gasteiger partial charge in [-0.1, -0.05) is 12.1 Å². The third kappa shape index (κ3) is 4.02. The number of nitrogens with two attached hydrogens (primary N) is 1. The van der Waals surface area contributed by atoms with Gasteiger partial charge < -0.3 is 11.1 Å². The lowest BCUT2D eigenvalue weighted by Gasteiger charge is -2.31. The third-order valence-corrected chi connectivity index (χ3v) is 6.55. The molecule has 1 saturated heterocycles. The molecule has 1 unspecified atom stereocenters. The standard InChI is InChI=1S/C16H24N4O5S/c1-11-5-6-12(2)15(14(11)20(22)23)26(24,25)19-9-3-4-13(10-19)16(21)18-8-7-17/h5-6,13H,3-4,7-10,17H2,1-2H3,(H,18,21). The fourth-order valence-electron chi connectivity index (χ4n) is 3.17. The third-order valence-electron chi connectivity index (χ3n) is 4.51. The van der Waals surface area contributed by atoms with Crippen LogP contribution >= 0.6 is 0 Å². The van der Waals surface area contributed by atoms with Crippen LogP contribution < -0.4 is 11.1 Å². The maximum atomic E-state index is 13.1. The molecule has 1 aromatic carbocycles. The number of hydrogen-bond donors (Lipinski definition) is 2. The van der Waals surface area contributed by atoms with Crippen molar-refractivity contribution >= 4 is 21.6 Å². The molecule has 0 spiro atoms. The second-order valence-corrected chi connectivity index (χ2v) is 8.29. The van der Waals surface area contributed by atoms with Gasteiger partial charge in [0.1, 0.15) is 0 Å². The molecule has 26 heavy (non-hydrogen) atoms. The predicted octanol–water partition coefficient (Wildman–Crippen LogP) is 0.687. The molecule has 0 aliphatic carbocycles. The van der Waals surface area contributed by atoms with Crippen molar-refractivity contribution in [3.8, 4) is 0 Å². The molecular formula is C16H24N4O5S. The Morgan fingerprint density at radius 1 is 1.38 bits per heavy atom. The number of nitro groups is 1. The molecule has 1 fully saturated rings. The molecule has 0 saturated carbocycles. The fraction of sp³-hybridized carbons (Fsp3) is 0.562. The van der Waals surface area contributed by atoms with Crippen LogP contribution in [0.15, 0.2) is 17.0 Å². The van der Waals surface area contributed by atoms with Gasteiger partial charge in [-0.3, -0.25) is 14.9 Å². The maximum Gasteiger partial charge on any atom is 0.292 e. The monoisotopic (exact) mass is 384 g/mol. The van der Waals surface area contributed by atoms with Gasteiger partial charge in [0.15, 0.2) is 4.90 Å². The smallest absolute Gasteiger partial charge is 0.292 e. The second kappa shape index (κ2) is 8.11. The summed E-state index contributed by atoms with van der Waals surface area (Å²) in [6.07, 6.45) is 1.08. The molecule has 1 atom stereocenters. The number of rotatable bonds is 6. The largest absolute Gasteiger partial charge is 0.355 e. The van der Waals surface area contributed by atoms with E-state index in [4.69, 9.17) is 5.73 Å². The quantitative estimate of drug-likeness (QED) is 0.547. The number of hydrogen-bond acceptors (Lipinski definition) is 6. The zero-order valence-electron chi connectivity index (χ0n) is 14.9. The Morgan fingerprint density at radius 3 is 2.65 bits per heavy atom. The average molecular weight is 384 g/mol. The zero-order valence-corrected chi connectivity index (χ0v) is 15.7. The second-order valence-electron chi connectivity index (χ2n) is 6.42. The molecule has 2 rings (SSSR count). The molecule has 1 aromatic rings. The lowest BCUT2D eigenvalue weighted by molar-refractivity contribution is -0.388. The molecule has 1 amide bonds. The Hall–Kier alpha value is -2.04. The Kier molecular flexibility index (Phi) is 6.32. The summed E-state index contributed by atoms with van der Waals surface area (Å²) < 4.78 is 27.5. The van der Waals surface area contributed by atoms with Crippen molar-refractivity contribution in [1.29, 1.82) is 0 Å². The summed E-state index contributed by atoms with van der Waals surface area (Å²) >= 11 is 0. The van der Waals surface area contributed by atoms with E-state index in [2.05, 4.69) is 5.32 Å². The highest BCUT2D eigenvalue weighted by atomic mass is 32.2. The highest BCUT2D eigenvalue weighted by Crippen LogP contribution is 2.34. The van der Waals surface area contributed by atoms with E-state index in [0.717, 1.165) is 0 Å². The predicted molar refractivity (Wildman–Crippen MR) is 96.1 cm³/mol. The Labute approximate surface area is 152 Å². The van der Waals surface area contributed by atoms with E-state index in [1.165, 1.54) is 24.2 Å². The maximum absolute atomic E-state index is 13.1. The van der Waals surface area contributed by atoms with E-state index in [1.807, 2.05) is 0 Å². The van der Waals surface area contributed by atoms with Gasteiger partial charge in [0.05, 0.1) is 10.8 Å². The number of piperidine rings is 1. The number of nitrogens with zero attached hydrogens (tertiary/aromatic N) is 2. The van der Waals surface area contributed by atoms with E-state index in [1.54, 1.807) is 6.07 Å². The molecule has 10 heteroatoms. The highest BCUT2D eigenvalue weighted by Gasteiger charge is 2.38. The van der Waals surface area contributed by atoms with Crippen molar-refractivity contribution in [3.63, 3.8) is 0 Å². The lowest BCUT2D eigenvalue weighted by atomic mass is 9.99. The van der Waals surface area contributed by atoms with Gasteiger partial charge in [0.2, 0.25) is 15.9 Å². The van der Waals surface area contributed by atoms with Gasteiger partial charge in [-0.25, -0.2) is 8.42 Å². The summed E-state index contributed by atoms with van der Waals surface area (Å²) in [6, 6.07) is 3.09. The first-order valence-electron chi connectivity index (χ1n) is 8.42. The van der Waals surface area contributed by atoms with Crippen LogP contribution in [0, 0.1) is 29.9 Å². The van der Waals surface area contributed by atoms with Crippen molar-refractivity contribution in [2.24, 2.45) is 11.7 Å². The molecule has 0 radical (unpaired) electrons. The molecule has 9 nitrogen and oxygen atoms in total. The van der Waals surface area contributed by atoms with E-state index in [-0.39, 0.29) is 29.5 Å². The van der Waals surface area contributed by atoms with E-state index in [9.17, 15) is 23.3 Å². The first-order chi connectivity index (χ1) is 12.2. The molecule has 1 aliphatic heterocycles. The number of amides is 1. The molecule has 1 heterocycles. The average Bonchev–Trinajstić information content (AvgIpc) is 2.60. The first kappa shape index (κ1) is 20.3. The minimum Gasteiger partial charge on any atom is -0.355 e. The Morgan fingerprint density at radius 2 is 2.04 bits per heavy atom. The molecule has 3 N–H and O–H groups in total. The normalized spacial score (nSPS) is 18.5. The van der Waals surface area contributed by atoms with Crippen molar-refractivity contribution in [3.05, 3.63) is 33.4 Å². The summed E-state index contributed by atoms with van der Waals surface area (Å²) in [4.78, 5) is 22.7. The fourth-order valence-corrected chi connectivity index (χ4v) is 5.13. The van der Waals surface area contributed by atoms with Crippen LogP contribution in [0.25, 0.3) is 0 Å². The number of sulfonamides is 1. The van der Waals surface area contributed by atoms with Gasteiger partial charge in [0.25, 0.3) is 5.69 Å². The van der Waals surface area contributed by atoms with Crippen LogP contribution in [0.4, 0.5) is 5.69 Å². The SMILES string of the molecule is Cc1ccc(C)c(S(=O)(=O)N2CCCC(C(=O)NCCN)C2)c1[N+](=O)[O-]. The number of aryl methyl sites for hydroxylation is 2. The molecule has 144 valence electrons. The molecule has 0 bridgehead atoms. The Bertz CT molecular complexity index is 809. The molecule has 0 aromatic heterocycles. The van der Waals surface area contributed by atoms with Crippen LogP contribution in [0.3, 0.4) is 0 Å². The number of nitro benzene ring substituents is 1.